The zero-order chi connectivity index (χ0) is 49.2. The van der Waals surface area contributed by atoms with Crippen LogP contribution in [-0.2, 0) is 5.41 Å². The molecule has 1 aromatic heterocycles. The van der Waals surface area contributed by atoms with Crippen LogP contribution in [0, 0.1) is 0 Å². The Labute approximate surface area is 408 Å². The Kier molecular flexibility index (Phi) is 8.76. The molecular weight excluding hydrogens is 833 g/mol. The summed E-state index contributed by atoms with van der Waals surface area (Å²) in [6, 6.07) is 87.6. The molecule has 1 aliphatic carbocycles. The van der Waals surface area contributed by atoms with Gasteiger partial charge in [0.2, 0.25) is 0 Å². The lowest BCUT2D eigenvalue weighted by molar-refractivity contribution is 0.770. The number of hydrogen-bond acceptors (Lipinski definition) is 1. The number of aromatic nitrogens is 1. The lowest BCUT2D eigenvalue weighted by atomic mass is 9.67. The van der Waals surface area contributed by atoms with Gasteiger partial charge in [-0.3, -0.25) is 0 Å². The van der Waals surface area contributed by atoms with Crippen molar-refractivity contribution in [1.82, 2.24) is 4.57 Å². The van der Waals surface area contributed by atoms with Gasteiger partial charge in [-0.15, -0.1) is 0 Å². The highest BCUT2D eigenvalue weighted by Gasteiger charge is 2.46. The van der Waals surface area contributed by atoms with Crippen molar-refractivity contribution in [3.63, 3.8) is 0 Å². The van der Waals surface area contributed by atoms with Gasteiger partial charge in [0, 0.05) is 33.5 Å². The van der Waals surface area contributed by atoms with Gasteiger partial charge in [-0.05, 0) is 140 Å². The Bertz CT molecular complexity index is 3880. The zero-order valence-corrected chi connectivity index (χ0v) is 37.6. The van der Waals surface area contributed by atoms with E-state index in [-0.39, 0.29) is 35.4 Å². The molecule has 0 saturated heterocycles. The largest absolute Gasteiger partial charge is 0.311 e. The molecule has 0 radical (unpaired) electrons. The van der Waals surface area contributed by atoms with E-state index in [2.05, 4.69) is 162 Å². The highest BCUT2D eigenvalue weighted by molar-refractivity contribution is 6.11. The number of fused-ring (bicyclic) bond motifs is 6. The van der Waals surface area contributed by atoms with E-state index in [1.54, 1.807) is 0 Å². The molecule has 0 atom stereocenters. The summed E-state index contributed by atoms with van der Waals surface area (Å²) in [4.78, 5) is 1.86. The van der Waals surface area contributed by atoms with Crippen LogP contribution in [0.4, 0.5) is 17.1 Å². The molecule has 11 aromatic carbocycles. The molecule has 13 rings (SSSR count). The molecule has 0 unspecified atom stereocenters. The minimum atomic E-state index is -0.615. The molecule has 0 bridgehead atoms. The Balaban J connectivity index is 1.01. The molecule has 324 valence electrons. The summed E-state index contributed by atoms with van der Waals surface area (Å²) in [5, 5.41) is 1.96. The van der Waals surface area contributed by atoms with Crippen molar-refractivity contribution in [2.24, 2.45) is 0 Å². The van der Waals surface area contributed by atoms with Gasteiger partial charge in [0.05, 0.1) is 21.9 Å². The lowest BCUT2D eigenvalue weighted by Crippen LogP contribution is -2.28. The Morgan fingerprint density at radius 3 is 1.30 bits per heavy atom. The van der Waals surface area contributed by atoms with Crippen LogP contribution in [0.2, 0.25) is 0 Å². The quantitative estimate of drug-likeness (QED) is 0.140. The zero-order valence-electron chi connectivity index (χ0n) is 41.6. The van der Waals surface area contributed by atoms with E-state index >= 15 is 0 Å². The summed E-state index contributed by atoms with van der Waals surface area (Å²) in [7, 11) is 0. The van der Waals surface area contributed by atoms with Crippen LogP contribution < -0.4 is 4.90 Å². The molecule has 1 aliphatic rings. The second kappa shape index (κ2) is 16.7. The molecule has 2 heteroatoms. The number of anilines is 3. The first-order valence-corrected chi connectivity index (χ1v) is 23.5. The van der Waals surface area contributed by atoms with Crippen molar-refractivity contribution in [2.45, 2.75) is 5.41 Å². The summed E-state index contributed by atoms with van der Waals surface area (Å²) < 4.78 is 41.6. The molecule has 0 aliphatic heterocycles. The van der Waals surface area contributed by atoms with Crippen LogP contribution in [0.5, 0.6) is 0 Å². The van der Waals surface area contributed by atoms with Crippen LogP contribution >= 0.6 is 0 Å². The maximum absolute atomic E-state index is 9.83. The second-order valence-electron chi connectivity index (χ2n) is 17.7. The SMILES string of the molecule is [2H]c1c([2H])c(N(c2ccc(-c3ccccc3)cc2)c2ccc(-c3ccccc3)cc2)c([2H])c([2H])c1-c1ccc2c(c1)c1cc(C3(c4ccccc4)c4ccccc4-c4ccccc43)ccc1n2-c1ccccc1. The first-order valence-electron chi connectivity index (χ1n) is 25.5. The minimum Gasteiger partial charge on any atom is -0.311 e. The van der Waals surface area contributed by atoms with E-state index in [0.29, 0.717) is 16.9 Å². The summed E-state index contributed by atoms with van der Waals surface area (Å²) in [6.45, 7) is 0. The fraction of sp³-hybridized carbons (Fsp3) is 0.0149. The fourth-order valence-corrected chi connectivity index (χ4v) is 10.8. The Hall–Kier alpha value is -8.98. The number of para-hydroxylation sites is 1. The lowest BCUT2D eigenvalue weighted by Gasteiger charge is -2.34. The van der Waals surface area contributed by atoms with Crippen LogP contribution in [0.1, 0.15) is 27.7 Å². The number of hydrogen-bond donors (Lipinski definition) is 0. The first kappa shape index (κ1) is 36.2. The van der Waals surface area contributed by atoms with Crippen LogP contribution in [0.25, 0.3) is 72.0 Å². The summed E-state index contributed by atoms with van der Waals surface area (Å²) in [5.74, 6) is 0. The monoisotopic (exact) mass is 882 g/mol. The molecule has 0 amide bonds. The molecular formula is C67H46N2. The second-order valence-corrected chi connectivity index (χ2v) is 17.7. The summed E-state index contributed by atoms with van der Waals surface area (Å²) >= 11 is 0. The third-order valence-corrected chi connectivity index (χ3v) is 14.0. The molecule has 1 heterocycles. The van der Waals surface area contributed by atoms with Gasteiger partial charge in [0.1, 0.15) is 0 Å². The first-order chi connectivity index (χ1) is 35.9. The van der Waals surface area contributed by atoms with Gasteiger partial charge in [-0.25, -0.2) is 0 Å². The fourth-order valence-electron chi connectivity index (χ4n) is 10.8. The van der Waals surface area contributed by atoms with Crippen molar-refractivity contribution >= 4 is 38.9 Å². The van der Waals surface area contributed by atoms with Crippen LogP contribution in [-0.4, -0.2) is 4.57 Å². The van der Waals surface area contributed by atoms with Crippen molar-refractivity contribution in [3.05, 3.63) is 301 Å². The van der Waals surface area contributed by atoms with Crippen molar-refractivity contribution in [1.29, 1.82) is 0 Å². The van der Waals surface area contributed by atoms with E-state index in [0.717, 1.165) is 55.3 Å². The Morgan fingerprint density at radius 2 is 0.754 bits per heavy atom. The van der Waals surface area contributed by atoms with Gasteiger partial charge in [-0.1, -0.05) is 206 Å². The molecule has 0 saturated carbocycles. The molecule has 0 spiro atoms. The summed E-state index contributed by atoms with van der Waals surface area (Å²) in [6.07, 6.45) is 0. The van der Waals surface area contributed by atoms with Gasteiger partial charge in [0.15, 0.2) is 0 Å². The normalized spacial score (nSPS) is 13.3. The highest BCUT2D eigenvalue weighted by atomic mass is 15.1. The summed E-state index contributed by atoms with van der Waals surface area (Å²) in [5.41, 5.74) is 16.3. The van der Waals surface area contributed by atoms with Gasteiger partial charge >= 0.3 is 0 Å². The Morgan fingerprint density at radius 1 is 0.319 bits per heavy atom. The highest BCUT2D eigenvalue weighted by Crippen LogP contribution is 2.56. The van der Waals surface area contributed by atoms with E-state index < -0.39 is 5.41 Å². The predicted octanol–water partition coefficient (Wildman–Crippen LogP) is 17.6. The van der Waals surface area contributed by atoms with E-state index in [1.807, 2.05) is 102 Å². The number of benzene rings is 11. The smallest absolute Gasteiger partial charge is 0.0713 e. The third kappa shape index (κ3) is 6.72. The van der Waals surface area contributed by atoms with Crippen molar-refractivity contribution < 1.29 is 5.48 Å². The predicted molar refractivity (Wildman–Crippen MR) is 289 cm³/mol. The van der Waals surface area contributed by atoms with Gasteiger partial charge < -0.3 is 9.47 Å². The minimum absolute atomic E-state index is 0.114. The van der Waals surface area contributed by atoms with Crippen LogP contribution in [0.3, 0.4) is 0 Å². The van der Waals surface area contributed by atoms with E-state index in [1.165, 1.54) is 27.8 Å². The molecule has 12 aromatic rings. The van der Waals surface area contributed by atoms with E-state index in [9.17, 15) is 5.48 Å². The number of rotatable bonds is 9. The molecule has 0 fully saturated rings. The molecule has 2 nitrogen and oxygen atoms in total. The topological polar surface area (TPSA) is 8.17 Å². The third-order valence-electron chi connectivity index (χ3n) is 14.0. The number of nitrogens with zero attached hydrogens (tertiary/aromatic N) is 2. The average Bonchev–Trinajstić information content (AvgIpc) is 3.95. The van der Waals surface area contributed by atoms with Crippen LogP contribution in [0.15, 0.2) is 279 Å². The van der Waals surface area contributed by atoms with Gasteiger partial charge in [0.25, 0.3) is 0 Å². The standard InChI is InChI=1S/C67H46N2/c1-5-17-47(18-6-1)49-29-37-56(38-30-49)68(57-39-31-50(32-40-57)48-19-7-2-8-20-48)58-41-33-51(34-42-58)52-35-43-65-61(45-52)62-46-54(36-44-66(62)69(65)55-23-11-4-12-24-55)67(53-21-9-3-10-22-53)63-27-15-13-25-59(63)60-26-14-16-28-64(60)67/h1-46H/i33D,34D,41D,42D. The molecule has 0 N–H and O–H groups in total. The maximum Gasteiger partial charge on any atom is 0.0713 e. The van der Waals surface area contributed by atoms with Crippen molar-refractivity contribution in [2.75, 3.05) is 4.90 Å². The van der Waals surface area contributed by atoms with Crippen molar-refractivity contribution in [3.8, 4) is 50.2 Å². The van der Waals surface area contributed by atoms with Gasteiger partial charge in [-0.2, -0.15) is 0 Å². The molecule has 69 heavy (non-hydrogen) atoms. The maximum atomic E-state index is 9.83. The van der Waals surface area contributed by atoms with E-state index in [4.69, 9.17) is 0 Å². The average molecular weight is 883 g/mol.